The molecule has 7 nitrogen and oxygen atoms in total. The van der Waals surface area contributed by atoms with Gasteiger partial charge in [-0.3, -0.25) is 0 Å². The molecule has 8 heteroatoms. The van der Waals surface area contributed by atoms with Crippen LogP contribution in [0.2, 0.25) is 0 Å². The number of esters is 1. The van der Waals surface area contributed by atoms with Crippen molar-refractivity contribution in [1.82, 2.24) is 4.90 Å². The molecule has 4 rings (SSSR count). The van der Waals surface area contributed by atoms with Crippen molar-refractivity contribution in [3.63, 3.8) is 0 Å². The summed E-state index contributed by atoms with van der Waals surface area (Å²) in [5, 5.41) is 6.68. The molecule has 33 heavy (non-hydrogen) atoms. The number of hydrogen-bond donors (Lipinski definition) is 2. The third kappa shape index (κ3) is 5.06. The predicted molar refractivity (Wildman–Crippen MR) is 134 cm³/mol. The van der Waals surface area contributed by atoms with Gasteiger partial charge in [-0.1, -0.05) is 43.0 Å². The first-order valence-electron chi connectivity index (χ1n) is 11.0. The number of urea groups is 1. The van der Waals surface area contributed by atoms with Crippen molar-refractivity contribution in [1.29, 1.82) is 0 Å². The standard InChI is InChI=1S/C25H28N4O3S/c1-4-17-7-5-8-20(15-17)28-24(31)27-19-11-9-18(10-12-19)22-21(23(30)32-3)16(2)26-25-29(22)13-6-14-33-25/h5,7-12,15,22H,4,6,13-14H2,1-3H3,(H2,27,28,31). The number of methoxy groups -OCH3 is 1. The molecule has 2 amide bonds. The zero-order chi connectivity index (χ0) is 23.4. The highest BCUT2D eigenvalue weighted by Gasteiger charge is 2.37. The number of nitrogens with zero attached hydrogens (tertiary/aromatic N) is 2. The predicted octanol–water partition coefficient (Wildman–Crippen LogP) is 5.19. The van der Waals surface area contributed by atoms with E-state index in [1.807, 2.05) is 55.5 Å². The van der Waals surface area contributed by atoms with E-state index in [1.54, 1.807) is 11.8 Å². The number of anilines is 2. The molecule has 2 heterocycles. The zero-order valence-corrected chi connectivity index (χ0v) is 19.9. The molecule has 172 valence electrons. The van der Waals surface area contributed by atoms with E-state index in [9.17, 15) is 9.59 Å². The maximum atomic E-state index is 12.6. The molecule has 2 aliphatic heterocycles. The van der Waals surface area contributed by atoms with Crippen LogP contribution >= 0.6 is 11.8 Å². The van der Waals surface area contributed by atoms with E-state index < -0.39 is 0 Å². The highest BCUT2D eigenvalue weighted by Crippen LogP contribution is 2.40. The van der Waals surface area contributed by atoms with Crippen LogP contribution in [0, 0.1) is 0 Å². The fourth-order valence-corrected chi connectivity index (χ4v) is 5.12. The second-order valence-electron chi connectivity index (χ2n) is 7.94. The number of allylic oxidation sites excluding steroid dienone is 1. The number of amides is 2. The molecule has 0 aliphatic carbocycles. The van der Waals surface area contributed by atoms with Gasteiger partial charge < -0.3 is 20.3 Å². The van der Waals surface area contributed by atoms with Crippen molar-refractivity contribution in [2.45, 2.75) is 32.7 Å². The summed E-state index contributed by atoms with van der Waals surface area (Å²) in [5.41, 5.74) is 4.77. The molecular formula is C25H28N4O3S. The van der Waals surface area contributed by atoms with Gasteiger partial charge in [-0.25, -0.2) is 14.6 Å². The van der Waals surface area contributed by atoms with Gasteiger partial charge in [0.15, 0.2) is 5.17 Å². The van der Waals surface area contributed by atoms with Crippen LogP contribution in [0.15, 0.2) is 64.8 Å². The number of fused-ring (bicyclic) bond motifs is 1. The Bertz CT molecular complexity index is 1110. The van der Waals surface area contributed by atoms with Crippen LogP contribution < -0.4 is 10.6 Å². The fourth-order valence-electron chi connectivity index (χ4n) is 4.10. The molecule has 0 spiro atoms. The lowest BCUT2D eigenvalue weighted by Gasteiger charge is -2.40. The number of carbonyl (C=O) groups excluding carboxylic acids is 2. The number of amidine groups is 1. The minimum Gasteiger partial charge on any atom is -0.466 e. The SMILES string of the molecule is CCc1cccc(NC(=O)Nc2ccc(C3C(C(=O)OC)=C(C)N=C4SCCCN43)cc2)c1. The van der Waals surface area contributed by atoms with E-state index in [0.29, 0.717) is 17.0 Å². The van der Waals surface area contributed by atoms with Crippen molar-refractivity contribution in [3.8, 4) is 0 Å². The fraction of sp³-hybridized carbons (Fsp3) is 0.320. The number of rotatable bonds is 5. The van der Waals surface area contributed by atoms with Crippen LogP contribution in [0.5, 0.6) is 0 Å². The third-order valence-electron chi connectivity index (χ3n) is 5.74. The maximum absolute atomic E-state index is 12.6. The van der Waals surface area contributed by atoms with Crippen molar-refractivity contribution >= 4 is 40.3 Å². The van der Waals surface area contributed by atoms with Crippen LogP contribution in [0.3, 0.4) is 0 Å². The summed E-state index contributed by atoms with van der Waals surface area (Å²) in [7, 11) is 1.39. The van der Waals surface area contributed by atoms with Gasteiger partial charge in [-0.15, -0.1) is 0 Å². The van der Waals surface area contributed by atoms with Crippen LogP contribution in [0.25, 0.3) is 0 Å². The first kappa shape index (κ1) is 22.9. The monoisotopic (exact) mass is 464 g/mol. The minimum atomic E-state index is -0.369. The first-order chi connectivity index (χ1) is 16.0. The summed E-state index contributed by atoms with van der Waals surface area (Å²) in [6, 6.07) is 14.8. The number of benzene rings is 2. The lowest BCUT2D eigenvalue weighted by atomic mass is 9.94. The Balaban J connectivity index is 1.53. The van der Waals surface area contributed by atoms with Gasteiger partial charge in [0.2, 0.25) is 0 Å². The number of thioether (sulfide) groups is 1. The van der Waals surface area contributed by atoms with E-state index in [0.717, 1.165) is 47.1 Å². The number of hydrogen-bond acceptors (Lipinski definition) is 6. The number of nitrogens with one attached hydrogen (secondary N) is 2. The summed E-state index contributed by atoms with van der Waals surface area (Å²) in [4.78, 5) is 31.9. The molecule has 1 saturated heterocycles. The van der Waals surface area contributed by atoms with Gasteiger partial charge >= 0.3 is 12.0 Å². The van der Waals surface area contributed by atoms with Gasteiger partial charge in [-0.2, -0.15) is 0 Å². The van der Waals surface area contributed by atoms with Gasteiger partial charge in [0.05, 0.1) is 24.4 Å². The second kappa shape index (κ2) is 10.1. The molecule has 0 radical (unpaired) electrons. The minimum absolute atomic E-state index is 0.266. The molecule has 1 fully saturated rings. The number of aliphatic imine (C=N–C) groups is 1. The Hall–Kier alpha value is -3.26. The van der Waals surface area contributed by atoms with Crippen molar-refractivity contribution in [2.24, 2.45) is 4.99 Å². The van der Waals surface area contributed by atoms with E-state index in [1.165, 1.54) is 7.11 Å². The Kier molecular flexibility index (Phi) is 7.03. The van der Waals surface area contributed by atoms with E-state index in [2.05, 4.69) is 27.4 Å². The average Bonchev–Trinajstić information content (AvgIpc) is 2.83. The summed E-state index contributed by atoms with van der Waals surface area (Å²) in [5.74, 6) is 0.647. The summed E-state index contributed by atoms with van der Waals surface area (Å²) >= 11 is 1.71. The molecular weight excluding hydrogens is 436 g/mol. The van der Waals surface area contributed by atoms with E-state index >= 15 is 0 Å². The van der Waals surface area contributed by atoms with Crippen molar-refractivity contribution in [2.75, 3.05) is 30.0 Å². The molecule has 0 bridgehead atoms. The Morgan fingerprint density at radius 3 is 2.64 bits per heavy atom. The second-order valence-corrected chi connectivity index (χ2v) is 9.00. The van der Waals surface area contributed by atoms with Crippen LogP contribution in [0.1, 0.15) is 37.4 Å². The number of carbonyl (C=O) groups is 2. The summed E-state index contributed by atoms with van der Waals surface area (Å²) in [6.07, 6.45) is 1.93. The maximum Gasteiger partial charge on any atom is 0.338 e. The summed E-state index contributed by atoms with van der Waals surface area (Å²) < 4.78 is 5.08. The quantitative estimate of drug-likeness (QED) is 0.595. The Morgan fingerprint density at radius 2 is 1.91 bits per heavy atom. The van der Waals surface area contributed by atoms with Crippen LogP contribution in [-0.4, -0.2) is 41.5 Å². The topological polar surface area (TPSA) is 83.0 Å². The molecule has 2 aromatic rings. The first-order valence-corrected chi connectivity index (χ1v) is 12.0. The van der Waals surface area contributed by atoms with E-state index in [-0.39, 0.29) is 18.0 Å². The average molecular weight is 465 g/mol. The lowest BCUT2D eigenvalue weighted by Crippen LogP contribution is -2.42. The normalized spacial score (nSPS) is 17.7. The van der Waals surface area contributed by atoms with Crippen LogP contribution in [0.4, 0.5) is 16.2 Å². The molecule has 0 aromatic heterocycles. The van der Waals surface area contributed by atoms with Crippen molar-refractivity contribution in [3.05, 3.63) is 70.9 Å². The largest absolute Gasteiger partial charge is 0.466 e. The molecule has 2 N–H and O–H groups in total. The van der Waals surface area contributed by atoms with Crippen molar-refractivity contribution < 1.29 is 14.3 Å². The number of aryl methyl sites for hydroxylation is 1. The van der Waals surface area contributed by atoms with E-state index in [4.69, 9.17) is 4.74 Å². The number of ether oxygens (including phenoxy) is 1. The zero-order valence-electron chi connectivity index (χ0n) is 19.1. The van der Waals surface area contributed by atoms with Gasteiger partial charge in [-0.05, 0) is 55.2 Å². The van der Waals surface area contributed by atoms with Gasteiger partial charge in [0, 0.05) is 23.7 Å². The smallest absolute Gasteiger partial charge is 0.338 e. The molecule has 1 unspecified atom stereocenters. The Morgan fingerprint density at radius 1 is 1.15 bits per heavy atom. The Labute approximate surface area is 198 Å². The van der Waals surface area contributed by atoms with Crippen LogP contribution in [-0.2, 0) is 16.0 Å². The summed E-state index contributed by atoms with van der Waals surface area (Å²) in [6.45, 7) is 4.75. The lowest BCUT2D eigenvalue weighted by molar-refractivity contribution is -0.136. The molecule has 2 aromatic carbocycles. The highest BCUT2D eigenvalue weighted by molar-refractivity contribution is 8.13. The third-order valence-corrected chi connectivity index (χ3v) is 6.82. The molecule has 1 atom stereocenters. The van der Waals surface area contributed by atoms with Gasteiger partial charge in [0.25, 0.3) is 0 Å². The van der Waals surface area contributed by atoms with Gasteiger partial charge in [0.1, 0.15) is 0 Å². The highest BCUT2D eigenvalue weighted by atomic mass is 32.2. The molecule has 0 saturated carbocycles. The molecule has 2 aliphatic rings.